The average Bonchev–Trinajstić information content (AvgIpc) is 2.45. The summed E-state index contributed by atoms with van der Waals surface area (Å²) in [6, 6.07) is 8.22. The maximum Gasteiger partial charge on any atom is 0.128 e. The summed E-state index contributed by atoms with van der Waals surface area (Å²) < 4.78 is 12.8. The third kappa shape index (κ3) is 3.69. The second kappa shape index (κ2) is 6.69. The molecule has 2 aromatic rings. The quantitative estimate of drug-likeness (QED) is 0.448. The van der Waals surface area contributed by atoms with Crippen LogP contribution in [0.4, 0.5) is 10.2 Å². The van der Waals surface area contributed by atoms with Gasteiger partial charge in [-0.15, -0.1) is 11.8 Å². The van der Waals surface area contributed by atoms with Crippen molar-refractivity contribution in [3.05, 3.63) is 53.5 Å². The van der Waals surface area contributed by atoms with Crippen molar-refractivity contribution in [2.75, 3.05) is 11.5 Å². The summed E-state index contributed by atoms with van der Waals surface area (Å²) in [4.78, 5) is 5.12. The molecule has 0 saturated carbocycles. The van der Waals surface area contributed by atoms with E-state index < -0.39 is 0 Å². The lowest BCUT2D eigenvalue weighted by Gasteiger charge is -2.17. The number of aryl methyl sites for hydroxylation is 1. The van der Waals surface area contributed by atoms with E-state index in [-0.39, 0.29) is 11.9 Å². The van der Waals surface area contributed by atoms with Gasteiger partial charge in [-0.1, -0.05) is 0 Å². The molecule has 106 valence electrons. The van der Waals surface area contributed by atoms with Crippen LogP contribution in [0.3, 0.4) is 0 Å². The Morgan fingerprint density at radius 1 is 1.35 bits per heavy atom. The number of benzene rings is 1. The summed E-state index contributed by atoms with van der Waals surface area (Å²) in [7, 11) is 0. The van der Waals surface area contributed by atoms with Crippen molar-refractivity contribution in [3.8, 4) is 0 Å². The summed E-state index contributed by atoms with van der Waals surface area (Å²) in [6.45, 7) is 1.95. The second-order valence-electron chi connectivity index (χ2n) is 4.47. The van der Waals surface area contributed by atoms with Crippen molar-refractivity contribution in [1.82, 2.24) is 10.4 Å². The molecule has 0 fully saturated rings. The fraction of sp³-hybridized carbons (Fsp3) is 0.214. The van der Waals surface area contributed by atoms with Gasteiger partial charge in [0.05, 0.1) is 6.04 Å². The third-order valence-corrected chi connectivity index (χ3v) is 4.00. The molecule has 1 aromatic carbocycles. The maximum atomic E-state index is 12.8. The molecule has 1 heterocycles. The van der Waals surface area contributed by atoms with E-state index in [0.717, 1.165) is 16.0 Å². The monoisotopic (exact) mass is 292 g/mol. The van der Waals surface area contributed by atoms with E-state index in [1.165, 1.54) is 12.1 Å². The number of halogens is 1. The van der Waals surface area contributed by atoms with Gasteiger partial charge in [-0.25, -0.2) is 9.37 Å². The van der Waals surface area contributed by atoms with Crippen LogP contribution in [0.5, 0.6) is 0 Å². The molecular formula is C14H17FN4S. The fourth-order valence-corrected chi connectivity index (χ4v) is 2.78. The Balaban J connectivity index is 2.09. The zero-order chi connectivity index (χ0) is 14.5. The highest BCUT2D eigenvalue weighted by atomic mass is 32.2. The number of nitrogens with zero attached hydrogens (tertiary/aromatic N) is 1. The van der Waals surface area contributed by atoms with Crippen LogP contribution >= 0.6 is 11.8 Å². The van der Waals surface area contributed by atoms with Crippen LogP contribution in [0.15, 0.2) is 41.4 Å². The molecule has 4 nitrogen and oxygen atoms in total. The Labute approximate surface area is 121 Å². The highest BCUT2D eigenvalue weighted by molar-refractivity contribution is 7.99. The van der Waals surface area contributed by atoms with E-state index >= 15 is 0 Å². The minimum Gasteiger partial charge on any atom is -0.383 e. The van der Waals surface area contributed by atoms with Gasteiger partial charge in [0, 0.05) is 22.4 Å². The fourth-order valence-electron chi connectivity index (χ4n) is 1.82. The predicted molar refractivity (Wildman–Crippen MR) is 80.6 cm³/mol. The van der Waals surface area contributed by atoms with Crippen molar-refractivity contribution in [3.63, 3.8) is 0 Å². The normalized spacial score (nSPS) is 12.3. The average molecular weight is 292 g/mol. The molecule has 0 spiro atoms. The van der Waals surface area contributed by atoms with E-state index in [9.17, 15) is 4.39 Å². The first kappa shape index (κ1) is 14.8. The minimum atomic E-state index is -0.241. The van der Waals surface area contributed by atoms with Gasteiger partial charge >= 0.3 is 0 Å². The van der Waals surface area contributed by atoms with Gasteiger partial charge in [0.1, 0.15) is 11.6 Å². The van der Waals surface area contributed by atoms with Crippen LogP contribution in [0, 0.1) is 12.7 Å². The number of nitrogens with one attached hydrogen (secondary N) is 1. The van der Waals surface area contributed by atoms with Crippen LogP contribution < -0.4 is 17.0 Å². The number of aromatic nitrogens is 1. The summed E-state index contributed by atoms with van der Waals surface area (Å²) in [5.41, 5.74) is 10.5. The predicted octanol–water partition coefficient (Wildman–Crippen LogP) is 2.41. The number of hydrazine groups is 1. The van der Waals surface area contributed by atoms with E-state index in [0.29, 0.717) is 11.6 Å². The standard InChI is InChI=1S/C14H17FN4S/c1-9-6-12(14(16)18-7-9)13(19-17)8-20-11-4-2-10(15)3-5-11/h2-7,13,19H,8,17H2,1H3,(H2,16,18). The van der Waals surface area contributed by atoms with E-state index in [2.05, 4.69) is 10.4 Å². The summed E-state index contributed by atoms with van der Waals surface area (Å²) in [5, 5.41) is 0. The molecule has 1 unspecified atom stereocenters. The molecule has 0 radical (unpaired) electrons. The highest BCUT2D eigenvalue weighted by Crippen LogP contribution is 2.27. The lowest BCUT2D eigenvalue weighted by molar-refractivity contribution is 0.610. The van der Waals surface area contributed by atoms with Crippen LogP contribution in [0.2, 0.25) is 0 Å². The zero-order valence-corrected chi connectivity index (χ0v) is 12.0. The van der Waals surface area contributed by atoms with Gasteiger partial charge in [0.25, 0.3) is 0 Å². The first-order valence-electron chi connectivity index (χ1n) is 6.16. The highest BCUT2D eigenvalue weighted by Gasteiger charge is 2.14. The molecule has 0 aliphatic heterocycles. The Kier molecular flexibility index (Phi) is 4.94. The molecule has 2 rings (SSSR count). The summed E-state index contributed by atoms with van der Waals surface area (Å²) in [5.74, 6) is 6.51. The van der Waals surface area contributed by atoms with Crippen LogP contribution in [-0.4, -0.2) is 10.7 Å². The Morgan fingerprint density at radius 2 is 2.05 bits per heavy atom. The molecule has 5 N–H and O–H groups in total. The van der Waals surface area contributed by atoms with Crippen LogP contribution in [-0.2, 0) is 0 Å². The van der Waals surface area contributed by atoms with Gasteiger partial charge in [0.2, 0.25) is 0 Å². The Bertz CT molecular complexity index is 574. The van der Waals surface area contributed by atoms with Gasteiger partial charge in [-0.2, -0.15) is 0 Å². The lowest BCUT2D eigenvalue weighted by Crippen LogP contribution is -2.30. The molecule has 6 heteroatoms. The zero-order valence-electron chi connectivity index (χ0n) is 11.1. The topological polar surface area (TPSA) is 77.0 Å². The van der Waals surface area contributed by atoms with Crippen molar-refractivity contribution >= 4 is 17.6 Å². The molecule has 0 bridgehead atoms. The first-order chi connectivity index (χ1) is 9.60. The minimum absolute atomic E-state index is 0.113. The number of hydrogen-bond donors (Lipinski definition) is 3. The van der Waals surface area contributed by atoms with Crippen LogP contribution in [0.1, 0.15) is 17.2 Å². The van der Waals surface area contributed by atoms with Gasteiger partial charge < -0.3 is 5.73 Å². The number of hydrogen-bond acceptors (Lipinski definition) is 5. The van der Waals surface area contributed by atoms with Gasteiger partial charge in [-0.05, 0) is 42.8 Å². The number of rotatable bonds is 5. The lowest BCUT2D eigenvalue weighted by atomic mass is 10.1. The van der Waals surface area contributed by atoms with Crippen molar-refractivity contribution < 1.29 is 4.39 Å². The number of nitrogens with two attached hydrogens (primary N) is 2. The number of anilines is 1. The Hall–Kier alpha value is -1.63. The Morgan fingerprint density at radius 3 is 2.70 bits per heavy atom. The molecule has 1 atom stereocenters. The first-order valence-corrected chi connectivity index (χ1v) is 7.15. The van der Waals surface area contributed by atoms with E-state index in [1.807, 2.05) is 13.0 Å². The van der Waals surface area contributed by atoms with E-state index in [4.69, 9.17) is 11.6 Å². The third-order valence-electron chi connectivity index (χ3n) is 2.89. The van der Waals surface area contributed by atoms with Crippen molar-refractivity contribution in [1.29, 1.82) is 0 Å². The SMILES string of the molecule is Cc1cnc(N)c(C(CSc2ccc(F)cc2)NN)c1. The maximum absolute atomic E-state index is 12.8. The summed E-state index contributed by atoms with van der Waals surface area (Å²) in [6.07, 6.45) is 1.72. The molecule has 20 heavy (non-hydrogen) atoms. The molecule has 0 aliphatic carbocycles. The molecule has 1 aromatic heterocycles. The van der Waals surface area contributed by atoms with Crippen molar-refractivity contribution in [2.24, 2.45) is 5.84 Å². The smallest absolute Gasteiger partial charge is 0.128 e. The largest absolute Gasteiger partial charge is 0.383 e. The van der Waals surface area contributed by atoms with Gasteiger partial charge in [-0.3, -0.25) is 11.3 Å². The second-order valence-corrected chi connectivity index (χ2v) is 5.56. The molecule has 0 aliphatic rings. The number of nitrogen functional groups attached to an aromatic ring is 1. The van der Waals surface area contributed by atoms with Crippen LogP contribution in [0.25, 0.3) is 0 Å². The van der Waals surface area contributed by atoms with E-state index in [1.54, 1.807) is 30.1 Å². The number of thioether (sulfide) groups is 1. The number of pyridine rings is 1. The van der Waals surface area contributed by atoms with Gasteiger partial charge in [0.15, 0.2) is 0 Å². The molecular weight excluding hydrogens is 275 g/mol. The molecule has 0 saturated heterocycles. The van der Waals surface area contributed by atoms with Crippen molar-refractivity contribution in [2.45, 2.75) is 17.9 Å². The summed E-state index contributed by atoms with van der Waals surface area (Å²) >= 11 is 1.58. The molecule has 0 amide bonds.